The number of benzene rings is 1. The van der Waals surface area contributed by atoms with Crippen LogP contribution in [-0.2, 0) is 11.2 Å². The van der Waals surface area contributed by atoms with Crippen molar-refractivity contribution < 1.29 is 14.6 Å². The molecule has 2 rings (SSSR count). The molecule has 2 aromatic rings. The summed E-state index contributed by atoms with van der Waals surface area (Å²) in [6, 6.07) is 5.81. The molecular formula is C16H22N2O3. The fraction of sp³-hybridized carbons (Fsp3) is 0.500. The number of hydrogen-bond acceptors (Lipinski definition) is 4. The van der Waals surface area contributed by atoms with Crippen LogP contribution < -0.4 is 4.74 Å². The van der Waals surface area contributed by atoms with Gasteiger partial charge in [0, 0.05) is 18.9 Å². The molecule has 2 N–H and O–H groups in total. The van der Waals surface area contributed by atoms with E-state index in [4.69, 9.17) is 9.84 Å². The summed E-state index contributed by atoms with van der Waals surface area (Å²) in [6.07, 6.45) is 5.38. The van der Waals surface area contributed by atoms with E-state index in [1.54, 1.807) is 7.11 Å². The molecule has 0 saturated heterocycles. The highest BCUT2D eigenvalue weighted by Crippen LogP contribution is 2.19. The Morgan fingerprint density at radius 3 is 2.86 bits per heavy atom. The average Bonchev–Trinajstić information content (AvgIpc) is 2.91. The lowest BCUT2D eigenvalue weighted by Crippen LogP contribution is -2.02. The van der Waals surface area contributed by atoms with E-state index in [0.29, 0.717) is 6.42 Å². The molecule has 0 aliphatic heterocycles. The quantitative estimate of drug-likeness (QED) is 0.696. The summed E-state index contributed by atoms with van der Waals surface area (Å²) in [5.41, 5.74) is 1.96. The molecule has 5 heteroatoms. The number of nitrogens with zero attached hydrogens (tertiary/aromatic N) is 1. The predicted octanol–water partition coefficient (Wildman–Crippen LogP) is 2.63. The van der Waals surface area contributed by atoms with Crippen molar-refractivity contribution >= 4 is 16.8 Å². The van der Waals surface area contributed by atoms with Crippen molar-refractivity contribution in [2.45, 2.75) is 38.5 Å². The lowest BCUT2D eigenvalue weighted by Gasteiger charge is -1.99. The van der Waals surface area contributed by atoms with E-state index < -0.39 is 0 Å². The van der Waals surface area contributed by atoms with Gasteiger partial charge in [0.05, 0.1) is 18.1 Å². The van der Waals surface area contributed by atoms with Crippen LogP contribution in [0.25, 0.3) is 11.0 Å². The molecule has 1 aromatic heterocycles. The van der Waals surface area contributed by atoms with E-state index in [0.717, 1.165) is 54.7 Å². The van der Waals surface area contributed by atoms with Gasteiger partial charge in [0.25, 0.3) is 0 Å². The van der Waals surface area contributed by atoms with Gasteiger partial charge >= 0.3 is 0 Å². The van der Waals surface area contributed by atoms with Crippen molar-refractivity contribution in [3.05, 3.63) is 24.0 Å². The van der Waals surface area contributed by atoms with Gasteiger partial charge in [-0.05, 0) is 25.0 Å². The zero-order chi connectivity index (χ0) is 15.1. The number of imidazole rings is 1. The van der Waals surface area contributed by atoms with Crippen LogP contribution in [0.2, 0.25) is 0 Å². The normalized spacial score (nSPS) is 11.0. The van der Waals surface area contributed by atoms with Crippen molar-refractivity contribution in [1.29, 1.82) is 0 Å². The number of aromatic amines is 1. The molecule has 0 amide bonds. The number of ether oxygens (including phenoxy) is 1. The Morgan fingerprint density at radius 2 is 2.10 bits per heavy atom. The van der Waals surface area contributed by atoms with Crippen LogP contribution in [-0.4, -0.2) is 34.6 Å². The van der Waals surface area contributed by atoms with E-state index in [1.807, 2.05) is 18.2 Å². The number of carbonyl (C=O) groups excluding carboxylic acids is 1. The zero-order valence-electron chi connectivity index (χ0n) is 12.4. The number of unbranched alkanes of at least 4 members (excludes halogenated alkanes) is 3. The molecule has 0 atom stereocenters. The van der Waals surface area contributed by atoms with Crippen molar-refractivity contribution in [2.75, 3.05) is 13.7 Å². The second-order valence-corrected chi connectivity index (χ2v) is 5.18. The fourth-order valence-corrected chi connectivity index (χ4v) is 2.33. The molecule has 0 saturated carbocycles. The second-order valence-electron chi connectivity index (χ2n) is 5.18. The van der Waals surface area contributed by atoms with Gasteiger partial charge in [-0.2, -0.15) is 0 Å². The molecule has 0 spiro atoms. The maximum atomic E-state index is 10.9. The van der Waals surface area contributed by atoms with Gasteiger partial charge in [-0.15, -0.1) is 0 Å². The first-order chi connectivity index (χ1) is 10.2. The maximum Gasteiger partial charge on any atom is 0.158 e. The van der Waals surface area contributed by atoms with E-state index in [2.05, 4.69) is 9.97 Å². The lowest BCUT2D eigenvalue weighted by molar-refractivity contribution is -0.121. The lowest BCUT2D eigenvalue weighted by atomic mass is 10.1. The first-order valence-corrected chi connectivity index (χ1v) is 7.38. The van der Waals surface area contributed by atoms with Gasteiger partial charge in [0.15, 0.2) is 5.78 Å². The number of aliphatic hydroxyl groups is 1. The minimum absolute atomic E-state index is 0.0683. The molecule has 0 fully saturated rings. The molecule has 114 valence electrons. The standard InChI is InChI=1S/C16H22N2O3/c1-21-13-8-9-14-15(10-13)18-16(17-14)7-5-3-2-4-6-12(20)11-19/h8-10,19H,2-7,11H2,1H3,(H,17,18). The first-order valence-electron chi connectivity index (χ1n) is 7.38. The number of methoxy groups -OCH3 is 1. The van der Waals surface area contributed by atoms with Crippen LogP contribution in [0.4, 0.5) is 0 Å². The van der Waals surface area contributed by atoms with Gasteiger partial charge in [-0.3, -0.25) is 4.79 Å². The third-order valence-electron chi connectivity index (χ3n) is 3.53. The number of carbonyl (C=O) groups is 1. The number of ketones is 1. The molecule has 1 heterocycles. The van der Waals surface area contributed by atoms with Crippen molar-refractivity contribution in [2.24, 2.45) is 0 Å². The van der Waals surface area contributed by atoms with Crippen molar-refractivity contribution in [3.63, 3.8) is 0 Å². The van der Waals surface area contributed by atoms with Gasteiger partial charge in [-0.1, -0.05) is 12.8 Å². The predicted molar refractivity (Wildman–Crippen MR) is 81.5 cm³/mol. The summed E-state index contributed by atoms with van der Waals surface area (Å²) in [5, 5.41) is 8.62. The Morgan fingerprint density at radius 1 is 1.29 bits per heavy atom. The smallest absolute Gasteiger partial charge is 0.158 e. The molecule has 0 bridgehead atoms. The van der Waals surface area contributed by atoms with Crippen LogP contribution in [0.1, 0.15) is 37.9 Å². The molecule has 1 aromatic carbocycles. The molecular weight excluding hydrogens is 268 g/mol. The Balaban J connectivity index is 1.75. The highest BCUT2D eigenvalue weighted by Gasteiger charge is 2.04. The Bertz CT molecular complexity index is 592. The Kier molecular flexibility index (Phi) is 5.75. The minimum Gasteiger partial charge on any atom is -0.497 e. The number of H-pyrrole nitrogens is 1. The summed E-state index contributed by atoms with van der Waals surface area (Å²) < 4.78 is 5.19. The second kappa shape index (κ2) is 7.78. The van der Waals surface area contributed by atoms with Gasteiger partial charge in [-0.25, -0.2) is 4.98 Å². The summed E-state index contributed by atoms with van der Waals surface area (Å²) in [7, 11) is 1.65. The summed E-state index contributed by atoms with van der Waals surface area (Å²) >= 11 is 0. The largest absolute Gasteiger partial charge is 0.497 e. The topological polar surface area (TPSA) is 75.2 Å². The maximum absolute atomic E-state index is 10.9. The minimum atomic E-state index is -0.331. The van der Waals surface area contributed by atoms with E-state index in [9.17, 15) is 4.79 Å². The highest BCUT2D eigenvalue weighted by molar-refractivity contribution is 5.79. The number of nitrogens with one attached hydrogen (secondary N) is 1. The van der Waals surface area contributed by atoms with Crippen LogP contribution in [0.5, 0.6) is 5.75 Å². The molecule has 0 aliphatic rings. The van der Waals surface area contributed by atoms with Crippen LogP contribution in [0.3, 0.4) is 0 Å². The zero-order valence-corrected chi connectivity index (χ0v) is 12.4. The molecule has 0 radical (unpaired) electrons. The van der Waals surface area contributed by atoms with E-state index in [1.165, 1.54) is 0 Å². The fourth-order valence-electron chi connectivity index (χ4n) is 2.33. The summed E-state index contributed by atoms with van der Waals surface area (Å²) in [5.74, 6) is 1.75. The van der Waals surface area contributed by atoms with Gasteiger partial charge in [0.2, 0.25) is 0 Å². The van der Waals surface area contributed by atoms with Crippen LogP contribution >= 0.6 is 0 Å². The Labute approximate surface area is 124 Å². The van der Waals surface area contributed by atoms with Gasteiger partial charge in [0.1, 0.15) is 18.2 Å². The monoisotopic (exact) mass is 290 g/mol. The highest BCUT2D eigenvalue weighted by atomic mass is 16.5. The first kappa shape index (κ1) is 15.5. The molecule has 0 aliphatic carbocycles. The van der Waals surface area contributed by atoms with Crippen molar-refractivity contribution in [1.82, 2.24) is 9.97 Å². The summed E-state index contributed by atoms with van der Waals surface area (Å²) in [4.78, 5) is 18.8. The summed E-state index contributed by atoms with van der Waals surface area (Å²) in [6.45, 7) is -0.331. The number of rotatable bonds is 9. The molecule has 21 heavy (non-hydrogen) atoms. The average molecular weight is 290 g/mol. The van der Waals surface area contributed by atoms with Crippen molar-refractivity contribution in [3.8, 4) is 5.75 Å². The number of aliphatic hydroxyl groups excluding tert-OH is 1. The number of aryl methyl sites for hydroxylation is 1. The number of fused-ring (bicyclic) bond motifs is 1. The number of Topliss-reactive ketones (excluding diaryl/α,β-unsaturated/α-hetero) is 1. The number of hydrogen-bond donors (Lipinski definition) is 2. The van der Waals surface area contributed by atoms with Gasteiger partial charge < -0.3 is 14.8 Å². The van der Waals surface area contributed by atoms with Crippen LogP contribution in [0.15, 0.2) is 18.2 Å². The number of aromatic nitrogens is 2. The Hall–Kier alpha value is -1.88. The van der Waals surface area contributed by atoms with E-state index >= 15 is 0 Å². The molecule has 5 nitrogen and oxygen atoms in total. The SMILES string of the molecule is COc1ccc2nc(CCCCCCC(=O)CO)[nH]c2c1. The third kappa shape index (κ3) is 4.56. The third-order valence-corrected chi connectivity index (χ3v) is 3.53. The van der Waals surface area contributed by atoms with E-state index in [-0.39, 0.29) is 12.4 Å². The molecule has 0 unspecified atom stereocenters. The van der Waals surface area contributed by atoms with Crippen LogP contribution in [0, 0.1) is 0 Å².